The van der Waals surface area contributed by atoms with E-state index < -0.39 is 5.82 Å². The molecule has 0 aliphatic heterocycles. The van der Waals surface area contributed by atoms with E-state index in [4.69, 9.17) is 0 Å². The van der Waals surface area contributed by atoms with Crippen LogP contribution in [0.15, 0.2) is 42.5 Å². The molecular formula is C21H19FN6OS. The van der Waals surface area contributed by atoms with Gasteiger partial charge in [0.25, 0.3) is 0 Å². The van der Waals surface area contributed by atoms with Crippen molar-refractivity contribution in [1.29, 1.82) is 0 Å². The zero-order valence-corrected chi connectivity index (χ0v) is 17.5. The van der Waals surface area contributed by atoms with Gasteiger partial charge in [-0.2, -0.15) is 4.68 Å². The fraction of sp³-hybridized carbons (Fsp3) is 0.190. The number of nitrogens with zero attached hydrogens (tertiary/aromatic N) is 5. The minimum atomic E-state index is -0.530. The van der Waals surface area contributed by atoms with E-state index >= 15 is 0 Å². The first-order valence-electron chi connectivity index (χ1n) is 9.29. The molecule has 0 aliphatic rings. The van der Waals surface area contributed by atoms with E-state index in [1.807, 2.05) is 38.1 Å². The van der Waals surface area contributed by atoms with Gasteiger partial charge < -0.3 is 5.32 Å². The highest BCUT2D eigenvalue weighted by Crippen LogP contribution is 2.29. The summed E-state index contributed by atoms with van der Waals surface area (Å²) in [5.74, 6) is -0.296. The molecule has 9 heteroatoms. The molecule has 4 rings (SSSR count). The van der Waals surface area contributed by atoms with Crippen molar-refractivity contribution in [1.82, 2.24) is 25.2 Å². The fourth-order valence-corrected chi connectivity index (χ4v) is 4.03. The van der Waals surface area contributed by atoms with Gasteiger partial charge >= 0.3 is 0 Å². The van der Waals surface area contributed by atoms with Crippen LogP contribution in [0.3, 0.4) is 0 Å². The second-order valence-corrected chi connectivity index (χ2v) is 8.19. The minimum Gasteiger partial charge on any atom is -0.323 e. The molecule has 0 saturated carbocycles. The van der Waals surface area contributed by atoms with Crippen LogP contribution in [-0.2, 0) is 11.2 Å². The number of aromatic nitrogens is 5. The largest absolute Gasteiger partial charge is 0.323 e. The normalized spacial score (nSPS) is 10.9. The Morgan fingerprint density at radius 3 is 2.60 bits per heavy atom. The Hall–Kier alpha value is -3.46. The molecule has 2 aromatic heterocycles. The molecule has 0 aliphatic carbocycles. The molecule has 2 aromatic carbocycles. The van der Waals surface area contributed by atoms with Gasteiger partial charge in [0.05, 0.1) is 28.5 Å². The first-order valence-corrected chi connectivity index (χ1v) is 10.1. The summed E-state index contributed by atoms with van der Waals surface area (Å²) in [6, 6.07) is 12.3. The molecule has 0 unspecified atom stereocenters. The van der Waals surface area contributed by atoms with E-state index in [0.29, 0.717) is 11.5 Å². The third-order valence-electron chi connectivity index (χ3n) is 4.54. The third-order valence-corrected chi connectivity index (χ3v) is 5.52. The number of hydrogen-bond donors (Lipinski definition) is 1. The Morgan fingerprint density at radius 1 is 1.13 bits per heavy atom. The maximum Gasteiger partial charge on any atom is 0.229 e. The van der Waals surface area contributed by atoms with Gasteiger partial charge in [-0.3, -0.25) is 4.79 Å². The standard InChI is InChI=1S/C21H19FN6OS/c1-12-4-6-15(7-5-12)21-19(30-14(3)23-21)11-20(29)24-18-10-16(8-9-17(18)22)28-13(2)25-26-27-28/h4-10H,11H2,1-3H3,(H,24,29). The molecule has 0 saturated heterocycles. The number of benzene rings is 2. The van der Waals surface area contributed by atoms with Crippen molar-refractivity contribution in [3.63, 3.8) is 0 Å². The number of amides is 1. The van der Waals surface area contributed by atoms with Gasteiger partial charge in [-0.25, -0.2) is 9.37 Å². The lowest BCUT2D eigenvalue weighted by molar-refractivity contribution is -0.115. The van der Waals surface area contributed by atoms with Crippen LogP contribution in [0.2, 0.25) is 0 Å². The van der Waals surface area contributed by atoms with Crippen molar-refractivity contribution < 1.29 is 9.18 Å². The molecule has 30 heavy (non-hydrogen) atoms. The second-order valence-electron chi connectivity index (χ2n) is 6.90. The smallest absolute Gasteiger partial charge is 0.229 e. The lowest BCUT2D eigenvalue weighted by Crippen LogP contribution is -2.15. The monoisotopic (exact) mass is 422 g/mol. The minimum absolute atomic E-state index is 0.0746. The zero-order chi connectivity index (χ0) is 21.3. The van der Waals surface area contributed by atoms with E-state index in [2.05, 4.69) is 25.8 Å². The van der Waals surface area contributed by atoms with Gasteiger partial charge in [-0.1, -0.05) is 29.8 Å². The first kappa shape index (κ1) is 19.8. The Balaban J connectivity index is 1.56. The maximum absolute atomic E-state index is 14.3. The number of anilines is 1. The number of carbonyl (C=O) groups excluding carboxylic acids is 1. The van der Waals surface area contributed by atoms with Gasteiger partial charge in [0.1, 0.15) is 5.82 Å². The Morgan fingerprint density at radius 2 is 1.90 bits per heavy atom. The molecule has 1 amide bonds. The first-order chi connectivity index (χ1) is 14.4. The summed E-state index contributed by atoms with van der Waals surface area (Å²) in [6.45, 7) is 5.66. The van der Waals surface area contributed by atoms with Crippen molar-refractivity contribution in [2.24, 2.45) is 0 Å². The summed E-state index contributed by atoms with van der Waals surface area (Å²) in [5, 5.41) is 14.8. The Labute approximate surface area is 176 Å². The SMILES string of the molecule is Cc1ccc(-c2nc(C)sc2CC(=O)Nc2cc(-n3nnnc3C)ccc2F)cc1. The molecule has 1 N–H and O–H groups in total. The lowest BCUT2D eigenvalue weighted by Gasteiger charge is -2.09. The molecule has 152 valence electrons. The van der Waals surface area contributed by atoms with Crippen LogP contribution in [0.1, 0.15) is 21.3 Å². The van der Waals surface area contributed by atoms with E-state index in [-0.39, 0.29) is 18.0 Å². The van der Waals surface area contributed by atoms with Gasteiger partial charge in [0.15, 0.2) is 5.82 Å². The van der Waals surface area contributed by atoms with E-state index in [0.717, 1.165) is 26.7 Å². The molecule has 0 atom stereocenters. The number of halogens is 1. The molecule has 0 fully saturated rings. The lowest BCUT2D eigenvalue weighted by atomic mass is 10.1. The molecule has 4 aromatic rings. The summed E-state index contributed by atoms with van der Waals surface area (Å²) >= 11 is 1.46. The second kappa shape index (κ2) is 8.11. The van der Waals surface area contributed by atoms with Crippen molar-refractivity contribution in [3.05, 3.63) is 69.6 Å². The van der Waals surface area contributed by atoms with E-state index in [1.165, 1.54) is 28.2 Å². The van der Waals surface area contributed by atoms with Crippen molar-refractivity contribution >= 4 is 22.9 Å². The van der Waals surface area contributed by atoms with Gasteiger partial charge in [-0.05, 0) is 49.4 Å². The predicted molar refractivity (Wildman–Crippen MR) is 113 cm³/mol. The number of aryl methyl sites for hydroxylation is 3. The quantitative estimate of drug-likeness (QED) is 0.525. The highest BCUT2D eigenvalue weighted by Gasteiger charge is 2.17. The molecular weight excluding hydrogens is 403 g/mol. The van der Waals surface area contributed by atoms with E-state index in [1.54, 1.807) is 13.0 Å². The fourth-order valence-electron chi connectivity index (χ4n) is 3.08. The average Bonchev–Trinajstić information content (AvgIpc) is 3.29. The number of hydrogen-bond acceptors (Lipinski definition) is 6. The van der Waals surface area contributed by atoms with Crippen LogP contribution in [0, 0.1) is 26.6 Å². The third kappa shape index (κ3) is 4.11. The van der Waals surface area contributed by atoms with Crippen LogP contribution >= 0.6 is 11.3 Å². The summed E-state index contributed by atoms with van der Waals surface area (Å²) in [7, 11) is 0. The molecule has 2 heterocycles. The maximum atomic E-state index is 14.3. The summed E-state index contributed by atoms with van der Waals surface area (Å²) < 4.78 is 15.8. The molecule has 7 nitrogen and oxygen atoms in total. The highest BCUT2D eigenvalue weighted by atomic mass is 32.1. The molecule has 0 radical (unpaired) electrons. The van der Waals surface area contributed by atoms with Crippen molar-refractivity contribution in [3.8, 4) is 16.9 Å². The Bertz CT molecular complexity index is 1210. The summed E-state index contributed by atoms with van der Waals surface area (Å²) in [5.41, 5.74) is 3.52. The van der Waals surface area contributed by atoms with E-state index in [9.17, 15) is 9.18 Å². The van der Waals surface area contributed by atoms with Crippen LogP contribution in [0.25, 0.3) is 16.9 Å². The highest BCUT2D eigenvalue weighted by molar-refractivity contribution is 7.12. The average molecular weight is 422 g/mol. The Kier molecular flexibility index (Phi) is 5.37. The number of nitrogens with one attached hydrogen (secondary N) is 1. The number of carbonyl (C=O) groups is 1. The van der Waals surface area contributed by atoms with Gasteiger partial charge in [0, 0.05) is 10.4 Å². The number of rotatable bonds is 5. The van der Waals surface area contributed by atoms with Gasteiger partial charge in [0.2, 0.25) is 5.91 Å². The number of thiazole rings is 1. The topological polar surface area (TPSA) is 85.6 Å². The number of tetrazole rings is 1. The molecule has 0 spiro atoms. The summed E-state index contributed by atoms with van der Waals surface area (Å²) in [4.78, 5) is 18.1. The van der Waals surface area contributed by atoms with Crippen LogP contribution in [0.5, 0.6) is 0 Å². The van der Waals surface area contributed by atoms with Crippen LogP contribution < -0.4 is 5.32 Å². The van der Waals surface area contributed by atoms with Crippen LogP contribution in [0.4, 0.5) is 10.1 Å². The van der Waals surface area contributed by atoms with Crippen molar-refractivity contribution in [2.75, 3.05) is 5.32 Å². The van der Waals surface area contributed by atoms with Gasteiger partial charge in [-0.15, -0.1) is 16.4 Å². The predicted octanol–water partition coefficient (Wildman–Crippen LogP) is 4.03. The zero-order valence-electron chi connectivity index (χ0n) is 16.7. The van der Waals surface area contributed by atoms with Crippen molar-refractivity contribution in [2.45, 2.75) is 27.2 Å². The molecule has 0 bridgehead atoms. The van der Waals surface area contributed by atoms with Crippen LogP contribution in [-0.4, -0.2) is 31.1 Å². The summed E-state index contributed by atoms with van der Waals surface area (Å²) in [6.07, 6.45) is 0.0995.